The lowest BCUT2D eigenvalue weighted by Gasteiger charge is -2.16. The molecule has 0 fully saturated rings. The van der Waals surface area contributed by atoms with Crippen LogP contribution in [0.2, 0.25) is 0 Å². The molecule has 10 heteroatoms. The average Bonchev–Trinajstić information content (AvgIpc) is 2.76. The number of ether oxygens (including phenoxy) is 6. The summed E-state index contributed by atoms with van der Waals surface area (Å²) in [6.45, 7) is 6.89. The maximum Gasteiger partial charge on any atom is 0.307 e. The molecule has 172 valence electrons. The summed E-state index contributed by atoms with van der Waals surface area (Å²) in [6, 6.07) is 5.01. The van der Waals surface area contributed by atoms with Gasteiger partial charge >= 0.3 is 5.97 Å². The summed E-state index contributed by atoms with van der Waals surface area (Å²) < 4.78 is 32.7. The third kappa shape index (κ3) is 10.1. The lowest BCUT2D eigenvalue weighted by molar-refractivity contribution is -0.143. The Morgan fingerprint density at radius 1 is 1.00 bits per heavy atom. The number of hydrogen-bond acceptors (Lipinski definition) is 9. The molecule has 2 rings (SSSR count). The van der Waals surface area contributed by atoms with Crippen LogP contribution in [0.5, 0.6) is 11.5 Å². The topological polar surface area (TPSA) is 102 Å². The van der Waals surface area contributed by atoms with Crippen molar-refractivity contribution >= 4 is 30.2 Å². The van der Waals surface area contributed by atoms with Crippen LogP contribution in [0.3, 0.4) is 0 Å². The molecule has 0 aromatic heterocycles. The van der Waals surface area contributed by atoms with Crippen molar-refractivity contribution < 1.29 is 38.0 Å². The molecule has 1 aliphatic heterocycles. The minimum atomic E-state index is -0.861. The van der Waals surface area contributed by atoms with Gasteiger partial charge in [0, 0.05) is 11.8 Å². The van der Waals surface area contributed by atoms with Crippen molar-refractivity contribution in [2.24, 2.45) is 0 Å². The number of carbonyl (C=O) groups excluding carboxylic acids is 2. The van der Waals surface area contributed by atoms with E-state index in [1.807, 2.05) is 0 Å². The van der Waals surface area contributed by atoms with Gasteiger partial charge in [0.2, 0.25) is 5.91 Å². The maximum atomic E-state index is 12.4. The van der Waals surface area contributed by atoms with E-state index in [-0.39, 0.29) is 13.0 Å². The Hall–Kier alpha value is -2.27. The molecule has 9 nitrogen and oxygen atoms in total. The molecule has 1 amide bonds. The Bertz CT molecular complexity index is 715. The molecule has 1 N–H and O–H groups in total. The van der Waals surface area contributed by atoms with E-state index >= 15 is 0 Å². The van der Waals surface area contributed by atoms with Gasteiger partial charge in [-0.1, -0.05) is 12.7 Å². The number of rotatable bonds is 6. The first-order valence-electron chi connectivity index (χ1n) is 9.98. The fourth-order valence-corrected chi connectivity index (χ4v) is 2.68. The van der Waals surface area contributed by atoms with Crippen molar-refractivity contribution in [2.45, 2.75) is 11.7 Å². The molecule has 0 saturated carbocycles. The van der Waals surface area contributed by atoms with E-state index in [1.165, 1.54) is 6.08 Å². The number of hydrogen-bond donors (Lipinski definition) is 2. The lowest BCUT2D eigenvalue weighted by atomic mass is 10.2. The number of anilines is 1. The summed E-state index contributed by atoms with van der Waals surface area (Å²) in [6.07, 6.45) is 1.30. The predicted octanol–water partition coefficient (Wildman–Crippen LogP) is 1.86. The molecule has 1 heterocycles. The number of thiol groups is 1. The van der Waals surface area contributed by atoms with E-state index in [2.05, 4.69) is 24.5 Å². The zero-order valence-corrected chi connectivity index (χ0v) is 18.3. The number of fused-ring (bicyclic) bond motifs is 1. The van der Waals surface area contributed by atoms with Crippen LogP contribution in [0.1, 0.15) is 6.42 Å². The minimum absolute atomic E-state index is 0.0882. The van der Waals surface area contributed by atoms with Crippen molar-refractivity contribution in [3.8, 4) is 11.5 Å². The lowest BCUT2D eigenvalue weighted by Crippen LogP contribution is -2.26. The van der Waals surface area contributed by atoms with Gasteiger partial charge in [-0.2, -0.15) is 12.6 Å². The van der Waals surface area contributed by atoms with Crippen LogP contribution in [0.15, 0.2) is 30.9 Å². The second-order valence-electron chi connectivity index (χ2n) is 6.38. The standard InChI is InChI=1S/C21H29NO8S/c1-2-5-30-20(23)15-19(31)21(24)22-16-3-4-17-18(14-16)29-13-11-27-9-7-25-6-8-26-10-12-28-17/h2-4,14,19,31H,1,5-13,15H2,(H,22,24). The number of esters is 1. The summed E-state index contributed by atoms with van der Waals surface area (Å²) in [7, 11) is 0. The zero-order valence-electron chi connectivity index (χ0n) is 17.4. The summed E-state index contributed by atoms with van der Waals surface area (Å²) >= 11 is 4.19. The Morgan fingerprint density at radius 3 is 2.19 bits per heavy atom. The summed E-state index contributed by atoms with van der Waals surface area (Å²) in [4.78, 5) is 24.0. The van der Waals surface area contributed by atoms with E-state index < -0.39 is 17.1 Å². The summed E-state index contributed by atoms with van der Waals surface area (Å²) in [5.41, 5.74) is 0.481. The van der Waals surface area contributed by atoms with Crippen molar-refractivity contribution in [1.29, 1.82) is 0 Å². The molecular weight excluding hydrogens is 426 g/mol. The molecule has 1 unspecified atom stereocenters. The fraction of sp³-hybridized carbons (Fsp3) is 0.524. The number of nitrogens with one attached hydrogen (secondary N) is 1. The smallest absolute Gasteiger partial charge is 0.307 e. The fourth-order valence-electron chi connectivity index (χ4n) is 2.47. The van der Waals surface area contributed by atoms with Crippen LogP contribution >= 0.6 is 12.6 Å². The van der Waals surface area contributed by atoms with Gasteiger partial charge in [-0.15, -0.1) is 0 Å². The first-order chi connectivity index (χ1) is 15.1. The first kappa shape index (κ1) is 25.0. The monoisotopic (exact) mass is 455 g/mol. The van der Waals surface area contributed by atoms with Gasteiger partial charge in [0.1, 0.15) is 19.8 Å². The van der Waals surface area contributed by atoms with Crippen LogP contribution in [-0.4, -0.2) is 76.6 Å². The van der Waals surface area contributed by atoms with Crippen molar-refractivity contribution in [3.05, 3.63) is 30.9 Å². The second kappa shape index (κ2) is 14.7. The van der Waals surface area contributed by atoms with E-state index in [0.29, 0.717) is 70.0 Å². The van der Waals surface area contributed by atoms with Gasteiger partial charge in [-0.25, -0.2) is 0 Å². The number of carbonyl (C=O) groups is 2. The highest BCUT2D eigenvalue weighted by Gasteiger charge is 2.19. The van der Waals surface area contributed by atoms with Crippen molar-refractivity contribution in [2.75, 3.05) is 64.8 Å². The third-order valence-electron chi connectivity index (χ3n) is 3.95. The molecule has 1 atom stereocenters. The minimum Gasteiger partial charge on any atom is -0.487 e. The molecule has 0 saturated heterocycles. The predicted molar refractivity (Wildman–Crippen MR) is 117 cm³/mol. The van der Waals surface area contributed by atoms with Gasteiger partial charge in [-0.05, 0) is 12.1 Å². The van der Waals surface area contributed by atoms with Gasteiger partial charge < -0.3 is 33.7 Å². The molecule has 1 aliphatic rings. The van der Waals surface area contributed by atoms with Crippen molar-refractivity contribution in [3.63, 3.8) is 0 Å². The Labute approximate surface area is 187 Å². The zero-order chi connectivity index (χ0) is 22.3. The van der Waals surface area contributed by atoms with E-state index in [9.17, 15) is 9.59 Å². The van der Waals surface area contributed by atoms with Crippen molar-refractivity contribution in [1.82, 2.24) is 0 Å². The molecular formula is C21H29NO8S. The Morgan fingerprint density at radius 2 is 1.58 bits per heavy atom. The number of benzene rings is 1. The Kier molecular flexibility index (Phi) is 11.8. The van der Waals surface area contributed by atoms with E-state index in [0.717, 1.165) is 0 Å². The van der Waals surface area contributed by atoms with Crippen LogP contribution in [-0.2, 0) is 28.5 Å². The summed E-state index contributed by atoms with van der Waals surface area (Å²) in [5, 5.41) is 1.85. The molecule has 0 aliphatic carbocycles. The first-order valence-corrected chi connectivity index (χ1v) is 10.5. The van der Waals surface area contributed by atoms with Crippen LogP contribution in [0.4, 0.5) is 5.69 Å². The quantitative estimate of drug-likeness (QED) is 0.381. The molecule has 31 heavy (non-hydrogen) atoms. The molecule has 1 aromatic carbocycles. The van der Waals surface area contributed by atoms with Crippen LogP contribution in [0, 0.1) is 0 Å². The van der Waals surface area contributed by atoms with Gasteiger partial charge in [0.05, 0.1) is 51.3 Å². The third-order valence-corrected chi connectivity index (χ3v) is 4.37. The molecule has 1 aromatic rings. The molecule has 0 bridgehead atoms. The van der Waals surface area contributed by atoms with Crippen LogP contribution in [0.25, 0.3) is 0 Å². The average molecular weight is 456 g/mol. The van der Waals surface area contributed by atoms with Gasteiger partial charge in [-0.3, -0.25) is 9.59 Å². The summed E-state index contributed by atoms with van der Waals surface area (Å²) in [5.74, 6) is 0.00445. The van der Waals surface area contributed by atoms with E-state index in [1.54, 1.807) is 18.2 Å². The SMILES string of the molecule is C=CCOC(=O)CC(S)C(=O)Nc1ccc2c(c1)OCCOCCOCCOCCO2. The Balaban J connectivity index is 1.97. The number of amides is 1. The highest BCUT2D eigenvalue weighted by Crippen LogP contribution is 2.31. The van der Waals surface area contributed by atoms with E-state index in [4.69, 9.17) is 28.4 Å². The maximum absolute atomic E-state index is 12.4. The van der Waals surface area contributed by atoms with Gasteiger partial charge in [0.15, 0.2) is 11.5 Å². The second-order valence-corrected chi connectivity index (χ2v) is 7.00. The highest BCUT2D eigenvalue weighted by atomic mass is 32.1. The normalized spacial score (nSPS) is 16.8. The highest BCUT2D eigenvalue weighted by molar-refractivity contribution is 7.81. The van der Waals surface area contributed by atoms with Crippen LogP contribution < -0.4 is 14.8 Å². The molecule has 0 spiro atoms. The largest absolute Gasteiger partial charge is 0.487 e. The van der Waals surface area contributed by atoms with Gasteiger partial charge in [0.25, 0.3) is 0 Å². The molecule has 0 radical (unpaired) electrons.